The second kappa shape index (κ2) is 9.32. The number of alkyl halides is 3. The van der Waals surface area contributed by atoms with E-state index in [2.05, 4.69) is 6.92 Å². The Morgan fingerprint density at radius 3 is 1.61 bits per heavy atom. The van der Waals surface area contributed by atoms with Crippen molar-refractivity contribution in [2.24, 2.45) is 23.7 Å². The minimum Gasteiger partial charge on any atom is -0.171 e. The number of hydrogen-bond donors (Lipinski definition) is 0. The summed E-state index contributed by atoms with van der Waals surface area (Å²) in [5.41, 5.74) is 0. The Kier molecular flexibility index (Phi) is 7.75. The van der Waals surface area contributed by atoms with Gasteiger partial charge in [0, 0.05) is 6.42 Å². The molecule has 0 radical (unpaired) electrons. The van der Waals surface area contributed by atoms with Crippen LogP contribution in [-0.2, 0) is 0 Å². The maximum absolute atomic E-state index is 12.3. The van der Waals surface area contributed by atoms with Gasteiger partial charge in [0.25, 0.3) is 0 Å². The zero-order chi connectivity index (χ0) is 16.7. The lowest BCUT2D eigenvalue weighted by atomic mass is 9.68. The quantitative estimate of drug-likeness (QED) is 0.423. The van der Waals surface area contributed by atoms with Crippen molar-refractivity contribution in [2.75, 3.05) is 0 Å². The topological polar surface area (TPSA) is 0 Å². The molecule has 0 aliphatic heterocycles. The zero-order valence-corrected chi connectivity index (χ0v) is 14.8. The summed E-state index contributed by atoms with van der Waals surface area (Å²) in [5.74, 6) is 2.98. The molecule has 0 amide bonds. The van der Waals surface area contributed by atoms with Crippen molar-refractivity contribution in [1.29, 1.82) is 0 Å². The van der Waals surface area contributed by atoms with Crippen molar-refractivity contribution >= 4 is 0 Å². The predicted molar refractivity (Wildman–Crippen MR) is 90.3 cm³/mol. The lowest BCUT2D eigenvalue weighted by molar-refractivity contribution is -0.138. The highest BCUT2D eigenvalue weighted by Crippen LogP contribution is 2.43. The van der Waals surface area contributed by atoms with Crippen LogP contribution in [0.1, 0.15) is 96.8 Å². The first kappa shape index (κ1) is 19.1. The average Bonchev–Trinajstić information content (AvgIpc) is 2.54. The Morgan fingerprint density at radius 2 is 1.17 bits per heavy atom. The van der Waals surface area contributed by atoms with E-state index in [1.807, 2.05) is 0 Å². The van der Waals surface area contributed by atoms with Gasteiger partial charge in [-0.25, -0.2) is 0 Å². The Labute approximate surface area is 140 Å². The van der Waals surface area contributed by atoms with E-state index in [0.717, 1.165) is 30.6 Å². The first-order valence-corrected chi connectivity index (χ1v) is 10.0. The molecule has 2 aliphatic carbocycles. The van der Waals surface area contributed by atoms with Crippen molar-refractivity contribution < 1.29 is 13.2 Å². The number of halogens is 3. The van der Waals surface area contributed by atoms with Crippen molar-refractivity contribution in [1.82, 2.24) is 0 Å². The average molecular weight is 332 g/mol. The van der Waals surface area contributed by atoms with Crippen molar-refractivity contribution in [3.63, 3.8) is 0 Å². The maximum atomic E-state index is 12.3. The first-order chi connectivity index (χ1) is 11.0. The van der Waals surface area contributed by atoms with E-state index in [9.17, 15) is 13.2 Å². The molecule has 0 saturated heterocycles. The lowest BCUT2D eigenvalue weighted by Gasteiger charge is -2.38. The minimum atomic E-state index is -3.97. The number of unbranched alkanes of at least 4 members (excludes halogenated alkanes) is 2. The van der Waals surface area contributed by atoms with Gasteiger partial charge in [0.15, 0.2) is 0 Å². The van der Waals surface area contributed by atoms with Gasteiger partial charge in [-0.05, 0) is 55.8 Å². The predicted octanol–water partition coefficient (Wildman–Crippen LogP) is 7.52. The monoisotopic (exact) mass is 332 g/mol. The highest BCUT2D eigenvalue weighted by atomic mass is 19.4. The Morgan fingerprint density at radius 1 is 0.696 bits per heavy atom. The molecule has 0 aromatic heterocycles. The van der Waals surface area contributed by atoms with E-state index in [0.29, 0.717) is 12.3 Å². The molecule has 2 aliphatic rings. The summed E-state index contributed by atoms with van der Waals surface area (Å²) in [4.78, 5) is 0. The molecule has 0 nitrogen and oxygen atoms in total. The highest BCUT2D eigenvalue weighted by molar-refractivity contribution is 4.82. The summed E-state index contributed by atoms with van der Waals surface area (Å²) in [7, 11) is 0. The van der Waals surface area contributed by atoms with Gasteiger partial charge in [0.05, 0.1) is 0 Å². The third kappa shape index (κ3) is 7.05. The van der Waals surface area contributed by atoms with Crippen LogP contribution in [0.5, 0.6) is 0 Å². The highest BCUT2D eigenvalue weighted by Gasteiger charge is 2.33. The van der Waals surface area contributed by atoms with Crippen LogP contribution in [0.25, 0.3) is 0 Å². The van der Waals surface area contributed by atoms with Gasteiger partial charge >= 0.3 is 6.18 Å². The molecule has 0 heterocycles. The summed E-state index contributed by atoms with van der Waals surface area (Å²) < 4.78 is 37.0. The van der Waals surface area contributed by atoms with Crippen LogP contribution in [0.2, 0.25) is 0 Å². The SMILES string of the molecule is CCCCCC1CCC(C2CCC(CCC(F)(F)F)CC2)CC1. The summed E-state index contributed by atoms with van der Waals surface area (Å²) in [6.45, 7) is 2.27. The third-order valence-electron chi connectivity index (χ3n) is 6.50. The number of hydrogen-bond acceptors (Lipinski definition) is 0. The van der Waals surface area contributed by atoms with Crippen molar-refractivity contribution in [3.05, 3.63) is 0 Å². The minimum absolute atomic E-state index is 0.332. The molecule has 0 unspecified atom stereocenters. The van der Waals surface area contributed by atoms with E-state index < -0.39 is 12.6 Å². The van der Waals surface area contributed by atoms with Gasteiger partial charge in [0.1, 0.15) is 0 Å². The summed E-state index contributed by atoms with van der Waals surface area (Å²) >= 11 is 0. The summed E-state index contributed by atoms with van der Waals surface area (Å²) in [6.07, 6.45) is 11.4. The molecular formula is C20H35F3. The largest absolute Gasteiger partial charge is 0.389 e. The molecule has 0 N–H and O–H groups in total. The van der Waals surface area contributed by atoms with Gasteiger partial charge < -0.3 is 0 Å². The fraction of sp³-hybridized carbons (Fsp3) is 1.00. The molecule has 3 heteroatoms. The van der Waals surface area contributed by atoms with E-state index in [1.54, 1.807) is 0 Å². The maximum Gasteiger partial charge on any atom is 0.389 e. The second-order valence-corrected chi connectivity index (χ2v) is 8.21. The van der Waals surface area contributed by atoms with Crippen LogP contribution in [0.3, 0.4) is 0 Å². The van der Waals surface area contributed by atoms with Crippen molar-refractivity contribution in [2.45, 2.75) is 103 Å². The van der Waals surface area contributed by atoms with Gasteiger partial charge in [-0.1, -0.05) is 58.3 Å². The van der Waals surface area contributed by atoms with Crippen LogP contribution in [0, 0.1) is 23.7 Å². The second-order valence-electron chi connectivity index (χ2n) is 8.21. The molecule has 23 heavy (non-hydrogen) atoms. The van der Waals surface area contributed by atoms with Gasteiger partial charge in [-0.15, -0.1) is 0 Å². The molecule has 0 bridgehead atoms. The van der Waals surface area contributed by atoms with Gasteiger partial charge in [-0.3, -0.25) is 0 Å². The van der Waals surface area contributed by atoms with Crippen LogP contribution < -0.4 is 0 Å². The molecule has 2 rings (SSSR count). The van der Waals surface area contributed by atoms with E-state index >= 15 is 0 Å². The van der Waals surface area contributed by atoms with E-state index in [4.69, 9.17) is 0 Å². The molecule has 2 saturated carbocycles. The Balaban J connectivity index is 1.61. The Bertz CT molecular complexity index is 307. The van der Waals surface area contributed by atoms with Crippen LogP contribution in [0.15, 0.2) is 0 Å². The van der Waals surface area contributed by atoms with Crippen molar-refractivity contribution in [3.8, 4) is 0 Å². The van der Waals surface area contributed by atoms with Crippen LogP contribution >= 0.6 is 0 Å². The van der Waals surface area contributed by atoms with E-state index in [-0.39, 0.29) is 0 Å². The summed E-state index contributed by atoms with van der Waals surface area (Å²) in [5, 5.41) is 0. The smallest absolute Gasteiger partial charge is 0.171 e. The molecule has 0 spiro atoms. The molecule has 0 atom stereocenters. The van der Waals surface area contributed by atoms with Gasteiger partial charge in [0.2, 0.25) is 0 Å². The zero-order valence-electron chi connectivity index (χ0n) is 14.8. The first-order valence-electron chi connectivity index (χ1n) is 10.0. The number of rotatable bonds is 7. The molecule has 136 valence electrons. The fourth-order valence-corrected chi connectivity index (χ4v) is 4.95. The molecule has 2 fully saturated rings. The summed E-state index contributed by atoms with van der Waals surface area (Å²) in [6, 6.07) is 0. The van der Waals surface area contributed by atoms with Crippen LogP contribution in [-0.4, -0.2) is 6.18 Å². The molecule has 0 aromatic rings. The van der Waals surface area contributed by atoms with Gasteiger partial charge in [-0.2, -0.15) is 13.2 Å². The molecule has 0 aromatic carbocycles. The Hall–Kier alpha value is -0.210. The fourth-order valence-electron chi connectivity index (χ4n) is 4.95. The third-order valence-corrected chi connectivity index (χ3v) is 6.50. The lowest BCUT2D eigenvalue weighted by Crippen LogP contribution is -2.26. The standard InChI is InChI=1S/C20H35F3/c1-2-3-4-5-16-6-10-18(11-7-16)19-12-8-17(9-13-19)14-15-20(21,22)23/h16-19H,2-15H2,1H3. The van der Waals surface area contributed by atoms with E-state index in [1.165, 1.54) is 64.2 Å². The van der Waals surface area contributed by atoms with Crippen LogP contribution in [0.4, 0.5) is 13.2 Å². The molecular weight excluding hydrogens is 297 g/mol. The normalized spacial score (nSPS) is 32.9.